The smallest absolute Gasteiger partial charge is 0.0788 e. The van der Waals surface area contributed by atoms with E-state index in [9.17, 15) is 0 Å². The molecule has 3 heterocycles. The van der Waals surface area contributed by atoms with E-state index >= 15 is 0 Å². The van der Waals surface area contributed by atoms with Crippen LogP contribution in [0.25, 0.3) is 132 Å². The number of aromatic nitrogens is 3. The van der Waals surface area contributed by atoms with Crippen molar-refractivity contribution in [2.75, 3.05) is 0 Å². The van der Waals surface area contributed by atoms with Crippen LogP contribution >= 0.6 is 0 Å². The topological polar surface area (TPSA) is 22.8 Å². The molecule has 0 saturated heterocycles. The van der Waals surface area contributed by atoms with E-state index in [0.717, 1.165) is 55.6 Å². The third-order valence-corrected chi connectivity index (χ3v) is 13.8. The normalized spacial score (nSPS) is 11.9. The molecule has 0 spiro atoms. The predicted molar refractivity (Wildman–Crippen MR) is 279 cm³/mol. The van der Waals surface area contributed by atoms with E-state index in [-0.39, 0.29) is 0 Å². The van der Waals surface area contributed by atoms with Gasteiger partial charge >= 0.3 is 0 Å². The minimum absolute atomic E-state index is 0.998. The second kappa shape index (κ2) is 14.4. The minimum atomic E-state index is 0.998. The van der Waals surface area contributed by atoms with Gasteiger partial charge in [-0.25, -0.2) is 4.98 Å². The molecule has 0 amide bonds. The maximum Gasteiger partial charge on any atom is 0.0788 e. The molecule has 0 aliphatic heterocycles. The zero-order chi connectivity index (χ0) is 43.3. The van der Waals surface area contributed by atoms with Crippen molar-refractivity contribution in [2.24, 2.45) is 0 Å². The molecule has 0 N–H and O–H groups in total. The zero-order valence-electron chi connectivity index (χ0n) is 35.9. The summed E-state index contributed by atoms with van der Waals surface area (Å²) < 4.78 is 4.87. The van der Waals surface area contributed by atoms with Crippen molar-refractivity contribution in [1.82, 2.24) is 14.1 Å². The number of nitrogens with zero attached hydrogens (tertiary/aromatic N) is 3. The van der Waals surface area contributed by atoms with E-state index in [0.29, 0.717) is 0 Å². The Bertz CT molecular complexity index is 4040. The molecule has 0 saturated carbocycles. The molecule has 0 atom stereocenters. The number of fused-ring (bicyclic) bond motifs is 12. The van der Waals surface area contributed by atoms with Crippen LogP contribution in [0.5, 0.6) is 0 Å². The van der Waals surface area contributed by atoms with Crippen LogP contribution in [0.3, 0.4) is 0 Å². The van der Waals surface area contributed by atoms with Gasteiger partial charge in [0.05, 0.1) is 33.3 Å². The van der Waals surface area contributed by atoms with Crippen LogP contribution in [-0.4, -0.2) is 14.1 Å². The van der Waals surface area contributed by atoms with Gasteiger partial charge in [0.1, 0.15) is 0 Å². The summed E-state index contributed by atoms with van der Waals surface area (Å²) >= 11 is 0. The number of benzene rings is 11. The molecule has 3 aromatic heterocycles. The first-order valence-electron chi connectivity index (χ1n) is 22.7. The molecule has 3 heteroatoms. The standard InChI is InChI=1S/C63H39N3/c1-2-16-43-35-44(34-31-40(43)15-1)63-56-39-55(48-17-3-4-22-53(48)62(56)54-23-5-10-24-57(54)64-63)42-32-29-41(30-33-42)45-36-46(65-58-25-11-6-18-49(58)50-19-7-12-26-59(50)65)38-47(37-45)66-60-27-13-8-20-51(60)52-21-9-14-28-61(52)66/h1-39H. The molecular formula is C63H39N3. The van der Waals surface area contributed by atoms with Gasteiger partial charge in [-0.2, -0.15) is 0 Å². The van der Waals surface area contributed by atoms with Gasteiger partial charge in [-0.3, -0.25) is 0 Å². The van der Waals surface area contributed by atoms with E-state index in [1.165, 1.54) is 76.1 Å². The first-order chi connectivity index (χ1) is 32.7. The lowest BCUT2D eigenvalue weighted by atomic mass is 9.89. The quantitative estimate of drug-likeness (QED) is 0.158. The summed E-state index contributed by atoms with van der Waals surface area (Å²) in [4.78, 5) is 5.41. The van der Waals surface area contributed by atoms with Crippen molar-refractivity contribution in [1.29, 1.82) is 0 Å². The second-order valence-corrected chi connectivity index (χ2v) is 17.5. The van der Waals surface area contributed by atoms with Gasteiger partial charge in [0.15, 0.2) is 0 Å². The Hall–Kier alpha value is -8.79. The number of hydrogen-bond acceptors (Lipinski definition) is 1. The fraction of sp³-hybridized carbons (Fsp3) is 0. The van der Waals surface area contributed by atoms with Gasteiger partial charge in [0, 0.05) is 54.6 Å². The van der Waals surface area contributed by atoms with Crippen LogP contribution in [-0.2, 0) is 0 Å². The third kappa shape index (κ3) is 5.54. The highest BCUT2D eigenvalue weighted by atomic mass is 15.0. The van der Waals surface area contributed by atoms with Crippen LogP contribution in [0.15, 0.2) is 237 Å². The Morgan fingerprint density at radius 2 is 0.727 bits per heavy atom. The van der Waals surface area contributed by atoms with E-state index in [4.69, 9.17) is 4.98 Å². The SMILES string of the molecule is c1ccc2cc(-c3nc4ccccc4c4c3cc(-c3ccc(-c5cc(-n6c7ccccc7c7ccccc76)cc(-n6c7ccccc7c7ccccc76)c5)cc3)c3ccccc34)ccc2c1. The van der Waals surface area contributed by atoms with Crippen LogP contribution < -0.4 is 0 Å². The van der Waals surface area contributed by atoms with Gasteiger partial charge in [-0.05, 0) is 104 Å². The molecule has 0 aliphatic rings. The minimum Gasteiger partial charge on any atom is -0.309 e. The van der Waals surface area contributed by atoms with Gasteiger partial charge in [0.25, 0.3) is 0 Å². The largest absolute Gasteiger partial charge is 0.309 e. The lowest BCUT2D eigenvalue weighted by Gasteiger charge is -2.17. The van der Waals surface area contributed by atoms with Gasteiger partial charge < -0.3 is 9.13 Å². The molecule has 3 nitrogen and oxygen atoms in total. The summed E-state index contributed by atoms with van der Waals surface area (Å²) in [6.45, 7) is 0. The number of pyridine rings is 1. The summed E-state index contributed by atoms with van der Waals surface area (Å²) in [7, 11) is 0. The molecule has 66 heavy (non-hydrogen) atoms. The van der Waals surface area contributed by atoms with Crippen molar-refractivity contribution < 1.29 is 0 Å². The highest BCUT2D eigenvalue weighted by molar-refractivity contribution is 6.25. The molecule has 0 fully saturated rings. The van der Waals surface area contributed by atoms with E-state index in [2.05, 4.69) is 246 Å². The van der Waals surface area contributed by atoms with Crippen LogP contribution in [0.4, 0.5) is 0 Å². The Balaban J connectivity index is 0.989. The Labute approximate surface area is 380 Å². The van der Waals surface area contributed by atoms with Crippen molar-refractivity contribution in [2.45, 2.75) is 0 Å². The lowest BCUT2D eigenvalue weighted by Crippen LogP contribution is -2.00. The molecule has 0 aliphatic carbocycles. The first-order valence-corrected chi connectivity index (χ1v) is 22.7. The highest BCUT2D eigenvalue weighted by Gasteiger charge is 2.20. The Morgan fingerprint density at radius 3 is 1.32 bits per heavy atom. The van der Waals surface area contributed by atoms with Crippen molar-refractivity contribution >= 4 is 86.8 Å². The third-order valence-electron chi connectivity index (χ3n) is 13.8. The zero-order valence-corrected chi connectivity index (χ0v) is 35.9. The highest BCUT2D eigenvalue weighted by Crippen LogP contribution is 2.43. The monoisotopic (exact) mass is 837 g/mol. The summed E-state index contributed by atoms with van der Waals surface area (Å²) in [5.74, 6) is 0. The van der Waals surface area contributed by atoms with Crippen LogP contribution in [0, 0.1) is 0 Å². The molecule has 0 unspecified atom stereocenters. The fourth-order valence-corrected chi connectivity index (χ4v) is 10.9. The maximum atomic E-state index is 5.41. The fourth-order valence-electron chi connectivity index (χ4n) is 10.9. The number of rotatable bonds is 5. The van der Waals surface area contributed by atoms with Gasteiger partial charge in [0.2, 0.25) is 0 Å². The molecule has 0 bridgehead atoms. The molecule has 11 aromatic carbocycles. The van der Waals surface area contributed by atoms with Gasteiger partial charge in [-0.15, -0.1) is 0 Å². The molecular weight excluding hydrogens is 799 g/mol. The summed E-state index contributed by atoms with van der Waals surface area (Å²) in [6, 6.07) is 86.6. The maximum absolute atomic E-state index is 5.41. The molecule has 14 aromatic rings. The van der Waals surface area contributed by atoms with Gasteiger partial charge in [-0.1, -0.05) is 176 Å². The van der Waals surface area contributed by atoms with Crippen molar-refractivity contribution in [3.05, 3.63) is 237 Å². The second-order valence-electron chi connectivity index (χ2n) is 17.5. The number of hydrogen-bond donors (Lipinski definition) is 0. The van der Waals surface area contributed by atoms with E-state index < -0.39 is 0 Å². The summed E-state index contributed by atoms with van der Waals surface area (Å²) in [5.41, 5.74) is 14.7. The predicted octanol–water partition coefficient (Wildman–Crippen LogP) is 16.9. The van der Waals surface area contributed by atoms with Crippen molar-refractivity contribution in [3.8, 4) is 44.9 Å². The van der Waals surface area contributed by atoms with Crippen LogP contribution in [0.2, 0.25) is 0 Å². The van der Waals surface area contributed by atoms with E-state index in [1.54, 1.807) is 0 Å². The molecule has 14 rings (SSSR count). The molecule has 306 valence electrons. The lowest BCUT2D eigenvalue weighted by molar-refractivity contribution is 1.13. The summed E-state index contributed by atoms with van der Waals surface area (Å²) in [6.07, 6.45) is 0. The number of para-hydroxylation sites is 5. The molecule has 0 radical (unpaired) electrons. The summed E-state index contributed by atoms with van der Waals surface area (Å²) in [5, 5.41) is 13.4. The Morgan fingerprint density at radius 1 is 0.273 bits per heavy atom. The first kappa shape index (κ1) is 36.7. The van der Waals surface area contributed by atoms with E-state index in [1.807, 2.05) is 0 Å². The Kier molecular flexibility index (Phi) is 7.98. The average molecular weight is 838 g/mol. The van der Waals surface area contributed by atoms with Crippen molar-refractivity contribution in [3.63, 3.8) is 0 Å². The van der Waals surface area contributed by atoms with Crippen LogP contribution in [0.1, 0.15) is 0 Å². The average Bonchev–Trinajstić information content (AvgIpc) is 3.91.